The van der Waals surface area contributed by atoms with Gasteiger partial charge < -0.3 is 10.3 Å². The quantitative estimate of drug-likeness (QED) is 0.424. The van der Waals surface area contributed by atoms with Crippen LogP contribution >= 0.6 is 39.5 Å². The Balaban J connectivity index is 2.19. The molecule has 0 fully saturated rings. The second kappa shape index (κ2) is 8.44. The summed E-state index contributed by atoms with van der Waals surface area (Å²) in [5.41, 5.74) is 1.05. The maximum absolute atomic E-state index is 10.3. The van der Waals surface area contributed by atoms with Crippen molar-refractivity contribution in [1.82, 2.24) is 15.3 Å². The number of H-pyrrole nitrogens is 1. The maximum atomic E-state index is 10.3. The van der Waals surface area contributed by atoms with E-state index in [0.717, 1.165) is 28.0 Å². The van der Waals surface area contributed by atoms with Crippen molar-refractivity contribution in [3.63, 3.8) is 0 Å². The highest BCUT2D eigenvalue weighted by atomic mass is 79.9. The van der Waals surface area contributed by atoms with Crippen molar-refractivity contribution in [1.29, 1.82) is 0 Å². The van der Waals surface area contributed by atoms with E-state index in [1.54, 1.807) is 24.3 Å². The number of nitrogens with one attached hydrogen (secondary N) is 2. The minimum atomic E-state index is -0.451. The minimum Gasteiger partial charge on any atom is -0.374 e. The molecular weight excluding hydrogens is 340 g/mol. The SMILES string of the molecule is CSC(=C[N+](=O)[O-])NCCSCc1[nH]cnc1Br. The first-order chi connectivity index (χ1) is 8.63. The summed E-state index contributed by atoms with van der Waals surface area (Å²) >= 11 is 6.40. The van der Waals surface area contributed by atoms with E-state index >= 15 is 0 Å². The third-order valence-electron chi connectivity index (χ3n) is 1.90. The predicted octanol–water partition coefficient (Wildman–Crippen LogP) is 2.43. The number of aromatic nitrogens is 2. The highest BCUT2D eigenvalue weighted by Crippen LogP contribution is 2.17. The number of hydrogen-bond acceptors (Lipinski definition) is 6. The number of hydrogen-bond donors (Lipinski definition) is 2. The number of halogens is 1. The summed E-state index contributed by atoms with van der Waals surface area (Å²) in [4.78, 5) is 16.9. The molecule has 1 aromatic rings. The Morgan fingerprint density at radius 3 is 3.11 bits per heavy atom. The van der Waals surface area contributed by atoms with Crippen LogP contribution in [0.1, 0.15) is 5.69 Å². The van der Waals surface area contributed by atoms with Gasteiger partial charge in [-0.15, -0.1) is 11.8 Å². The Hall–Kier alpha value is -0.670. The molecule has 0 saturated heterocycles. The largest absolute Gasteiger partial charge is 0.374 e. The lowest BCUT2D eigenvalue weighted by Crippen LogP contribution is -2.15. The third-order valence-corrected chi connectivity index (χ3v) is 4.26. The molecule has 0 aliphatic carbocycles. The van der Waals surface area contributed by atoms with Gasteiger partial charge in [-0.2, -0.15) is 11.8 Å². The molecule has 0 atom stereocenters. The standard InChI is InChI=1S/C9H13BrN4O2S2/c1-17-8(4-14(15)16)11-2-3-18-5-7-9(10)13-6-12-7/h4,6,11H,2-3,5H2,1H3,(H,12,13). The van der Waals surface area contributed by atoms with Gasteiger partial charge in [0.2, 0.25) is 0 Å². The van der Waals surface area contributed by atoms with E-state index in [-0.39, 0.29) is 0 Å². The van der Waals surface area contributed by atoms with Gasteiger partial charge in [-0.05, 0) is 22.2 Å². The summed E-state index contributed by atoms with van der Waals surface area (Å²) in [6.45, 7) is 0.691. The van der Waals surface area contributed by atoms with Crippen LogP contribution in [0.15, 0.2) is 22.2 Å². The molecule has 0 aliphatic rings. The van der Waals surface area contributed by atoms with E-state index < -0.39 is 4.92 Å². The molecular formula is C9H13BrN4O2S2. The average Bonchev–Trinajstić information content (AvgIpc) is 2.72. The fraction of sp³-hybridized carbons (Fsp3) is 0.444. The Morgan fingerprint density at radius 2 is 2.56 bits per heavy atom. The predicted molar refractivity (Wildman–Crippen MR) is 79.0 cm³/mol. The van der Waals surface area contributed by atoms with Crippen molar-refractivity contribution in [2.75, 3.05) is 18.6 Å². The average molecular weight is 353 g/mol. The summed E-state index contributed by atoms with van der Waals surface area (Å²) in [5.74, 6) is 1.69. The first-order valence-corrected chi connectivity index (χ1v) is 8.19. The normalized spacial score (nSPS) is 11.6. The Bertz CT molecular complexity index is 424. The zero-order valence-electron chi connectivity index (χ0n) is 9.68. The molecule has 0 aromatic carbocycles. The van der Waals surface area contributed by atoms with Crippen molar-refractivity contribution in [2.45, 2.75) is 5.75 Å². The topological polar surface area (TPSA) is 83.9 Å². The minimum absolute atomic E-state index is 0.451. The zero-order chi connectivity index (χ0) is 13.4. The molecule has 1 aromatic heterocycles. The van der Waals surface area contributed by atoms with Crippen LogP contribution in [0.25, 0.3) is 0 Å². The van der Waals surface area contributed by atoms with Crippen LogP contribution in [0.5, 0.6) is 0 Å². The van der Waals surface area contributed by atoms with Crippen molar-refractivity contribution in [3.05, 3.63) is 38.0 Å². The van der Waals surface area contributed by atoms with Gasteiger partial charge in [0.05, 0.1) is 16.9 Å². The van der Waals surface area contributed by atoms with E-state index in [4.69, 9.17) is 0 Å². The van der Waals surface area contributed by atoms with E-state index in [1.807, 2.05) is 0 Å². The van der Waals surface area contributed by atoms with Gasteiger partial charge in [-0.3, -0.25) is 10.1 Å². The molecule has 100 valence electrons. The molecule has 1 rings (SSSR count). The van der Waals surface area contributed by atoms with Crippen molar-refractivity contribution in [3.8, 4) is 0 Å². The number of thioether (sulfide) groups is 2. The number of rotatable bonds is 8. The van der Waals surface area contributed by atoms with Crippen LogP contribution < -0.4 is 5.32 Å². The smallest absolute Gasteiger partial charge is 0.263 e. The lowest BCUT2D eigenvalue weighted by Gasteiger charge is -2.05. The molecule has 18 heavy (non-hydrogen) atoms. The monoisotopic (exact) mass is 352 g/mol. The van der Waals surface area contributed by atoms with Crippen LogP contribution in [0.3, 0.4) is 0 Å². The number of aromatic amines is 1. The molecule has 0 saturated carbocycles. The molecule has 0 radical (unpaired) electrons. The number of imidazole rings is 1. The van der Waals surface area contributed by atoms with Gasteiger partial charge in [0.25, 0.3) is 6.20 Å². The van der Waals surface area contributed by atoms with Crippen LogP contribution in [0, 0.1) is 10.1 Å². The highest BCUT2D eigenvalue weighted by Gasteiger charge is 2.03. The first-order valence-electron chi connectivity index (χ1n) is 5.02. The van der Waals surface area contributed by atoms with E-state index in [2.05, 4.69) is 31.2 Å². The van der Waals surface area contributed by atoms with Crippen LogP contribution in [0.4, 0.5) is 0 Å². The zero-order valence-corrected chi connectivity index (χ0v) is 12.9. The molecule has 0 aliphatic heterocycles. The van der Waals surface area contributed by atoms with Gasteiger partial charge in [0.1, 0.15) is 9.63 Å². The Kier molecular flexibility index (Phi) is 7.21. The second-order valence-electron chi connectivity index (χ2n) is 3.13. The third kappa shape index (κ3) is 5.78. The van der Waals surface area contributed by atoms with Gasteiger partial charge in [0.15, 0.2) is 0 Å². The van der Waals surface area contributed by atoms with E-state index in [9.17, 15) is 10.1 Å². The first kappa shape index (κ1) is 15.4. The van der Waals surface area contributed by atoms with E-state index in [0.29, 0.717) is 11.6 Å². The van der Waals surface area contributed by atoms with Gasteiger partial charge >= 0.3 is 0 Å². The molecule has 0 unspecified atom stereocenters. The molecule has 0 amide bonds. The van der Waals surface area contributed by atoms with Crippen molar-refractivity contribution >= 4 is 39.5 Å². The molecule has 6 nitrogen and oxygen atoms in total. The summed E-state index contributed by atoms with van der Waals surface area (Å²) in [6.07, 6.45) is 4.43. The maximum Gasteiger partial charge on any atom is 0.263 e. The Labute approximate surface area is 122 Å². The highest BCUT2D eigenvalue weighted by molar-refractivity contribution is 9.10. The van der Waals surface area contributed by atoms with Crippen LogP contribution in [-0.2, 0) is 5.75 Å². The van der Waals surface area contributed by atoms with Crippen molar-refractivity contribution < 1.29 is 4.92 Å². The van der Waals surface area contributed by atoms with Crippen LogP contribution in [0.2, 0.25) is 0 Å². The number of nitro groups is 1. The second-order valence-corrected chi connectivity index (χ2v) is 5.84. The van der Waals surface area contributed by atoms with Gasteiger partial charge in [-0.25, -0.2) is 4.98 Å². The fourth-order valence-corrected chi connectivity index (χ4v) is 2.89. The summed E-state index contributed by atoms with van der Waals surface area (Å²) in [6, 6.07) is 0. The molecule has 1 heterocycles. The van der Waals surface area contributed by atoms with Gasteiger partial charge in [-0.1, -0.05) is 0 Å². The van der Waals surface area contributed by atoms with Crippen molar-refractivity contribution in [2.24, 2.45) is 0 Å². The lowest BCUT2D eigenvalue weighted by molar-refractivity contribution is -0.403. The molecule has 0 bridgehead atoms. The lowest BCUT2D eigenvalue weighted by atomic mass is 10.6. The molecule has 9 heteroatoms. The summed E-state index contributed by atoms with van der Waals surface area (Å²) < 4.78 is 0.834. The van der Waals surface area contributed by atoms with E-state index in [1.165, 1.54) is 11.8 Å². The molecule has 0 spiro atoms. The Morgan fingerprint density at radius 1 is 1.78 bits per heavy atom. The van der Waals surface area contributed by atoms with Gasteiger partial charge in [0, 0.05) is 18.1 Å². The van der Waals surface area contributed by atoms with Crippen LogP contribution in [-0.4, -0.2) is 33.4 Å². The number of nitrogens with zero attached hydrogens (tertiary/aromatic N) is 2. The summed E-state index contributed by atoms with van der Waals surface area (Å²) in [7, 11) is 0. The fourth-order valence-electron chi connectivity index (χ4n) is 1.09. The summed E-state index contributed by atoms with van der Waals surface area (Å²) in [5, 5.41) is 13.9. The molecule has 2 N–H and O–H groups in total.